The van der Waals surface area contributed by atoms with Crippen molar-refractivity contribution in [1.29, 1.82) is 0 Å². The molecule has 1 aliphatic heterocycles. The molecule has 0 unspecified atom stereocenters. The molecular weight excluding hydrogens is 322 g/mol. The molecule has 4 nitrogen and oxygen atoms in total. The summed E-state index contributed by atoms with van der Waals surface area (Å²) in [4.78, 5) is 21.2. The number of aryl methyl sites for hydroxylation is 1. The molecule has 0 radical (unpaired) electrons. The number of amides is 1. The number of aromatic nitrogens is 1. The third-order valence-electron chi connectivity index (χ3n) is 5.28. The third kappa shape index (κ3) is 5.40. The zero-order valence-corrected chi connectivity index (χ0v) is 15.7. The first-order chi connectivity index (χ1) is 12.7. The second kappa shape index (κ2) is 9.48. The molecule has 1 fully saturated rings. The van der Waals surface area contributed by atoms with E-state index in [1.165, 1.54) is 18.4 Å². The van der Waals surface area contributed by atoms with Gasteiger partial charge in [-0.3, -0.25) is 9.78 Å². The van der Waals surface area contributed by atoms with Gasteiger partial charge in [-0.25, -0.2) is 0 Å². The lowest BCUT2D eigenvalue weighted by Crippen LogP contribution is -2.49. The molecule has 0 spiro atoms. The summed E-state index contributed by atoms with van der Waals surface area (Å²) in [7, 11) is 1.96. The first kappa shape index (κ1) is 18.6. The summed E-state index contributed by atoms with van der Waals surface area (Å²) >= 11 is 0. The van der Waals surface area contributed by atoms with Crippen LogP contribution < -0.4 is 0 Å². The molecule has 1 saturated heterocycles. The molecule has 0 saturated carbocycles. The second-order valence-corrected chi connectivity index (χ2v) is 7.23. The van der Waals surface area contributed by atoms with Gasteiger partial charge in [-0.05, 0) is 56.0 Å². The van der Waals surface area contributed by atoms with Gasteiger partial charge in [0.15, 0.2) is 0 Å². The Labute approximate surface area is 156 Å². The fourth-order valence-electron chi connectivity index (χ4n) is 3.71. The maximum atomic E-state index is 12.6. The molecule has 2 heterocycles. The third-order valence-corrected chi connectivity index (χ3v) is 5.28. The van der Waals surface area contributed by atoms with E-state index >= 15 is 0 Å². The SMILES string of the molecule is CN(C(=O)Cc1cccnc1)[C@H]1CCCN(CCCc2ccccc2)C1. The first-order valence-corrected chi connectivity index (χ1v) is 9.63. The lowest BCUT2D eigenvalue weighted by molar-refractivity contribution is -0.132. The Hall–Kier alpha value is -2.20. The minimum absolute atomic E-state index is 0.189. The van der Waals surface area contributed by atoms with Gasteiger partial charge in [-0.2, -0.15) is 0 Å². The van der Waals surface area contributed by atoms with Gasteiger partial charge in [-0.15, -0.1) is 0 Å². The molecule has 1 atom stereocenters. The van der Waals surface area contributed by atoms with Crippen molar-refractivity contribution in [1.82, 2.24) is 14.8 Å². The molecule has 2 aromatic rings. The predicted molar refractivity (Wildman–Crippen MR) is 105 cm³/mol. The number of pyridine rings is 1. The van der Waals surface area contributed by atoms with Gasteiger partial charge in [0.1, 0.15) is 0 Å². The zero-order valence-electron chi connectivity index (χ0n) is 15.7. The van der Waals surface area contributed by atoms with E-state index in [0.29, 0.717) is 12.5 Å². The van der Waals surface area contributed by atoms with E-state index in [1.807, 2.05) is 24.1 Å². The Morgan fingerprint density at radius 1 is 1.19 bits per heavy atom. The van der Waals surface area contributed by atoms with Crippen LogP contribution in [0.5, 0.6) is 0 Å². The topological polar surface area (TPSA) is 36.4 Å². The monoisotopic (exact) mass is 351 g/mol. The fourth-order valence-corrected chi connectivity index (χ4v) is 3.71. The number of likely N-dealkylation sites (N-methyl/N-ethyl adjacent to an activating group) is 1. The van der Waals surface area contributed by atoms with Crippen LogP contribution >= 0.6 is 0 Å². The van der Waals surface area contributed by atoms with Crippen LogP contribution in [0.2, 0.25) is 0 Å². The number of carbonyl (C=O) groups excluding carboxylic acids is 1. The van der Waals surface area contributed by atoms with Gasteiger partial charge in [0.05, 0.1) is 6.42 Å². The van der Waals surface area contributed by atoms with E-state index in [0.717, 1.165) is 38.0 Å². The number of nitrogens with zero attached hydrogens (tertiary/aromatic N) is 3. The lowest BCUT2D eigenvalue weighted by Gasteiger charge is -2.37. The van der Waals surface area contributed by atoms with Crippen LogP contribution in [0.4, 0.5) is 0 Å². The molecule has 26 heavy (non-hydrogen) atoms. The van der Waals surface area contributed by atoms with Gasteiger partial charge in [0, 0.05) is 32.0 Å². The largest absolute Gasteiger partial charge is 0.341 e. The average molecular weight is 351 g/mol. The maximum absolute atomic E-state index is 12.6. The highest BCUT2D eigenvalue weighted by Gasteiger charge is 2.25. The van der Waals surface area contributed by atoms with Crippen LogP contribution in [-0.2, 0) is 17.6 Å². The van der Waals surface area contributed by atoms with E-state index in [1.54, 1.807) is 12.4 Å². The molecule has 1 aromatic carbocycles. The minimum Gasteiger partial charge on any atom is -0.341 e. The maximum Gasteiger partial charge on any atom is 0.227 e. The normalized spacial score (nSPS) is 17.8. The van der Waals surface area contributed by atoms with Crippen LogP contribution in [0, 0.1) is 0 Å². The number of benzene rings is 1. The molecule has 138 valence electrons. The molecule has 1 aliphatic rings. The fraction of sp³-hybridized carbons (Fsp3) is 0.455. The summed E-state index contributed by atoms with van der Waals surface area (Å²) in [6.45, 7) is 3.25. The lowest BCUT2D eigenvalue weighted by atomic mass is 10.0. The van der Waals surface area contributed by atoms with Gasteiger partial charge < -0.3 is 9.80 Å². The van der Waals surface area contributed by atoms with Gasteiger partial charge in [0.2, 0.25) is 5.91 Å². The molecule has 1 aromatic heterocycles. The van der Waals surface area contributed by atoms with Crippen LogP contribution in [-0.4, -0.2) is 53.4 Å². The van der Waals surface area contributed by atoms with E-state index in [4.69, 9.17) is 0 Å². The summed E-state index contributed by atoms with van der Waals surface area (Å²) in [5, 5.41) is 0. The highest BCUT2D eigenvalue weighted by Crippen LogP contribution is 2.17. The summed E-state index contributed by atoms with van der Waals surface area (Å²) < 4.78 is 0. The summed E-state index contributed by atoms with van der Waals surface area (Å²) in [5.74, 6) is 0.189. The summed E-state index contributed by atoms with van der Waals surface area (Å²) in [6, 6.07) is 14.9. The second-order valence-electron chi connectivity index (χ2n) is 7.23. The Morgan fingerprint density at radius 3 is 2.77 bits per heavy atom. The number of rotatable bonds is 7. The summed E-state index contributed by atoms with van der Waals surface area (Å²) in [5.41, 5.74) is 2.39. The van der Waals surface area contributed by atoms with Crippen molar-refractivity contribution < 1.29 is 4.79 Å². The van der Waals surface area contributed by atoms with Crippen molar-refractivity contribution in [3.63, 3.8) is 0 Å². The minimum atomic E-state index is 0.189. The Bertz CT molecular complexity index is 674. The Kier molecular flexibility index (Phi) is 6.78. The van der Waals surface area contributed by atoms with Gasteiger partial charge in [-0.1, -0.05) is 36.4 Å². The predicted octanol–water partition coefficient (Wildman–Crippen LogP) is 3.18. The standard InChI is InChI=1S/C22H29N3O/c1-24(22(26)16-20-10-5-13-23-17-20)21-12-7-15-25(18-21)14-6-11-19-8-3-2-4-9-19/h2-5,8-10,13,17,21H,6-7,11-12,14-16,18H2,1H3/t21-/m0/s1. The number of hydrogen-bond acceptors (Lipinski definition) is 3. The van der Waals surface area contributed by atoms with Crippen molar-refractivity contribution >= 4 is 5.91 Å². The van der Waals surface area contributed by atoms with Crippen LogP contribution in [0.3, 0.4) is 0 Å². The molecule has 4 heteroatoms. The number of piperidine rings is 1. The van der Waals surface area contributed by atoms with E-state index in [-0.39, 0.29) is 5.91 Å². The van der Waals surface area contributed by atoms with Crippen LogP contribution in [0.25, 0.3) is 0 Å². The van der Waals surface area contributed by atoms with E-state index in [2.05, 4.69) is 40.2 Å². The molecule has 0 N–H and O–H groups in total. The van der Waals surface area contributed by atoms with Gasteiger partial charge in [0.25, 0.3) is 0 Å². The van der Waals surface area contributed by atoms with Gasteiger partial charge >= 0.3 is 0 Å². The van der Waals surface area contributed by atoms with Crippen molar-refractivity contribution in [3.8, 4) is 0 Å². The molecule has 1 amide bonds. The highest BCUT2D eigenvalue weighted by atomic mass is 16.2. The first-order valence-electron chi connectivity index (χ1n) is 9.63. The molecular formula is C22H29N3O. The van der Waals surface area contributed by atoms with Crippen LogP contribution in [0.1, 0.15) is 30.4 Å². The smallest absolute Gasteiger partial charge is 0.227 e. The Balaban J connectivity index is 1.45. The van der Waals surface area contributed by atoms with Crippen molar-refractivity contribution in [2.75, 3.05) is 26.7 Å². The van der Waals surface area contributed by atoms with Crippen molar-refractivity contribution in [2.24, 2.45) is 0 Å². The number of hydrogen-bond donors (Lipinski definition) is 0. The Morgan fingerprint density at radius 2 is 2.00 bits per heavy atom. The summed E-state index contributed by atoms with van der Waals surface area (Å²) in [6.07, 6.45) is 8.52. The number of likely N-dealkylation sites (tertiary alicyclic amines) is 1. The van der Waals surface area contributed by atoms with E-state index in [9.17, 15) is 4.79 Å². The molecule has 0 aliphatic carbocycles. The zero-order chi connectivity index (χ0) is 18.2. The highest BCUT2D eigenvalue weighted by molar-refractivity contribution is 5.78. The van der Waals surface area contributed by atoms with Crippen molar-refractivity contribution in [2.45, 2.75) is 38.1 Å². The molecule has 0 bridgehead atoms. The van der Waals surface area contributed by atoms with Crippen LogP contribution in [0.15, 0.2) is 54.9 Å². The molecule has 3 rings (SSSR count). The number of carbonyl (C=O) groups is 1. The van der Waals surface area contributed by atoms with E-state index < -0.39 is 0 Å². The quantitative estimate of drug-likeness (QED) is 0.769. The average Bonchev–Trinajstić information content (AvgIpc) is 2.69. The van der Waals surface area contributed by atoms with Crippen molar-refractivity contribution in [3.05, 3.63) is 66.0 Å².